The number of nitrogens with zero attached hydrogens (tertiary/aromatic N) is 4. The molecule has 2 aliphatic heterocycles. The van der Waals surface area contributed by atoms with Gasteiger partial charge in [0.25, 0.3) is 0 Å². The molecule has 5 nitrogen and oxygen atoms in total. The SMILES string of the molecule is c1nc2c(c(N3CCN(C4CNC4)CC3)n1)CCCC2. The molecule has 0 bridgehead atoms. The van der Waals surface area contributed by atoms with Crippen molar-refractivity contribution in [2.45, 2.75) is 31.7 Å². The first-order valence-corrected chi connectivity index (χ1v) is 7.94. The van der Waals surface area contributed by atoms with Crippen LogP contribution in [-0.4, -0.2) is 60.2 Å². The van der Waals surface area contributed by atoms with Gasteiger partial charge in [-0.15, -0.1) is 0 Å². The van der Waals surface area contributed by atoms with E-state index in [1.807, 2.05) is 0 Å². The highest BCUT2D eigenvalue weighted by Gasteiger charge is 2.29. The van der Waals surface area contributed by atoms with Gasteiger partial charge in [-0.25, -0.2) is 9.97 Å². The number of hydrogen-bond donors (Lipinski definition) is 1. The minimum absolute atomic E-state index is 0.775. The number of nitrogens with one attached hydrogen (secondary N) is 1. The first kappa shape index (κ1) is 12.5. The fourth-order valence-electron chi connectivity index (χ4n) is 3.61. The fraction of sp³-hybridized carbons (Fsp3) is 0.733. The molecule has 0 spiro atoms. The van der Waals surface area contributed by atoms with Crippen LogP contribution in [0.5, 0.6) is 0 Å². The van der Waals surface area contributed by atoms with Crippen LogP contribution in [0.15, 0.2) is 6.33 Å². The van der Waals surface area contributed by atoms with E-state index in [4.69, 9.17) is 0 Å². The molecule has 108 valence electrons. The van der Waals surface area contributed by atoms with E-state index in [-0.39, 0.29) is 0 Å². The molecule has 3 aliphatic rings. The maximum atomic E-state index is 4.60. The number of anilines is 1. The number of piperazine rings is 1. The van der Waals surface area contributed by atoms with Gasteiger partial charge in [-0.05, 0) is 25.7 Å². The monoisotopic (exact) mass is 273 g/mol. The number of hydrogen-bond acceptors (Lipinski definition) is 5. The lowest BCUT2D eigenvalue weighted by Gasteiger charge is -2.44. The Kier molecular flexibility index (Phi) is 3.32. The Morgan fingerprint density at radius 1 is 1.00 bits per heavy atom. The topological polar surface area (TPSA) is 44.3 Å². The summed E-state index contributed by atoms with van der Waals surface area (Å²) in [6.45, 7) is 6.90. The lowest BCUT2D eigenvalue weighted by molar-refractivity contribution is 0.137. The van der Waals surface area contributed by atoms with Crippen molar-refractivity contribution in [2.75, 3.05) is 44.2 Å². The highest BCUT2D eigenvalue weighted by Crippen LogP contribution is 2.27. The molecule has 5 heteroatoms. The van der Waals surface area contributed by atoms with E-state index in [0.717, 1.165) is 32.0 Å². The van der Waals surface area contributed by atoms with E-state index in [1.54, 1.807) is 6.33 Å². The molecule has 1 aliphatic carbocycles. The van der Waals surface area contributed by atoms with Crippen molar-refractivity contribution in [3.8, 4) is 0 Å². The van der Waals surface area contributed by atoms with Gasteiger partial charge in [0, 0.05) is 56.6 Å². The summed E-state index contributed by atoms with van der Waals surface area (Å²) in [5.74, 6) is 1.22. The van der Waals surface area contributed by atoms with Crippen LogP contribution in [0.4, 0.5) is 5.82 Å². The van der Waals surface area contributed by atoms with Crippen molar-refractivity contribution in [1.82, 2.24) is 20.2 Å². The standard InChI is InChI=1S/C15H23N5/c1-2-4-14-13(3-1)15(18-11-17-14)20-7-5-19(6-8-20)12-9-16-10-12/h11-12,16H,1-10H2. The van der Waals surface area contributed by atoms with Crippen LogP contribution in [0.25, 0.3) is 0 Å². The zero-order chi connectivity index (χ0) is 13.4. The molecule has 1 aromatic heterocycles. The maximum absolute atomic E-state index is 4.60. The van der Waals surface area contributed by atoms with Crippen LogP contribution < -0.4 is 10.2 Å². The third-order valence-electron chi connectivity index (χ3n) is 4.99. The molecule has 4 rings (SSSR count). The Morgan fingerprint density at radius 3 is 2.55 bits per heavy atom. The normalized spacial score (nSPS) is 24.3. The summed E-state index contributed by atoms with van der Waals surface area (Å²) in [6.07, 6.45) is 6.64. The van der Waals surface area contributed by atoms with E-state index in [1.165, 1.54) is 56.1 Å². The van der Waals surface area contributed by atoms with Crippen LogP contribution in [0.1, 0.15) is 24.1 Å². The number of rotatable bonds is 2. The molecule has 0 atom stereocenters. The first-order chi connectivity index (χ1) is 9.92. The molecule has 2 fully saturated rings. The summed E-state index contributed by atoms with van der Waals surface area (Å²) < 4.78 is 0. The zero-order valence-electron chi connectivity index (χ0n) is 12.0. The summed E-state index contributed by atoms with van der Waals surface area (Å²) in [4.78, 5) is 14.2. The van der Waals surface area contributed by atoms with Gasteiger partial charge in [0.1, 0.15) is 12.1 Å². The number of fused-ring (bicyclic) bond motifs is 1. The van der Waals surface area contributed by atoms with Crippen molar-refractivity contribution < 1.29 is 0 Å². The molecular weight excluding hydrogens is 250 g/mol. The van der Waals surface area contributed by atoms with Crippen LogP contribution in [0.2, 0.25) is 0 Å². The molecule has 0 amide bonds. The van der Waals surface area contributed by atoms with Crippen molar-refractivity contribution in [2.24, 2.45) is 0 Å². The third-order valence-corrected chi connectivity index (χ3v) is 4.99. The van der Waals surface area contributed by atoms with E-state index in [9.17, 15) is 0 Å². The van der Waals surface area contributed by atoms with Crippen LogP contribution in [0.3, 0.4) is 0 Å². The summed E-state index contributed by atoms with van der Waals surface area (Å²) in [6, 6.07) is 0.775. The molecule has 20 heavy (non-hydrogen) atoms. The second-order valence-electron chi connectivity index (χ2n) is 6.16. The van der Waals surface area contributed by atoms with Gasteiger partial charge in [-0.2, -0.15) is 0 Å². The predicted octanol–water partition coefficient (Wildman–Crippen LogP) is 0.449. The van der Waals surface area contributed by atoms with Crippen molar-refractivity contribution in [3.63, 3.8) is 0 Å². The van der Waals surface area contributed by atoms with Gasteiger partial charge in [-0.3, -0.25) is 4.90 Å². The van der Waals surface area contributed by atoms with Crippen LogP contribution in [-0.2, 0) is 12.8 Å². The van der Waals surface area contributed by atoms with E-state index >= 15 is 0 Å². The van der Waals surface area contributed by atoms with E-state index < -0.39 is 0 Å². The summed E-state index contributed by atoms with van der Waals surface area (Å²) in [5, 5.41) is 3.37. The summed E-state index contributed by atoms with van der Waals surface area (Å²) >= 11 is 0. The predicted molar refractivity (Wildman–Crippen MR) is 79.1 cm³/mol. The molecule has 2 saturated heterocycles. The van der Waals surface area contributed by atoms with Crippen LogP contribution >= 0.6 is 0 Å². The van der Waals surface area contributed by atoms with Gasteiger partial charge < -0.3 is 10.2 Å². The minimum Gasteiger partial charge on any atom is -0.354 e. The molecule has 0 unspecified atom stereocenters. The highest BCUT2D eigenvalue weighted by molar-refractivity contribution is 5.50. The maximum Gasteiger partial charge on any atom is 0.135 e. The minimum atomic E-state index is 0.775. The number of aromatic nitrogens is 2. The molecule has 1 N–H and O–H groups in total. The summed E-state index contributed by atoms with van der Waals surface area (Å²) in [5.41, 5.74) is 2.73. The van der Waals surface area contributed by atoms with E-state index in [0.29, 0.717) is 0 Å². The molecule has 1 aromatic rings. The molecule has 0 radical (unpaired) electrons. The Labute approximate surface area is 120 Å². The average molecular weight is 273 g/mol. The second-order valence-corrected chi connectivity index (χ2v) is 6.16. The second kappa shape index (κ2) is 5.30. The van der Waals surface area contributed by atoms with Gasteiger partial charge in [0.2, 0.25) is 0 Å². The molecular formula is C15H23N5. The van der Waals surface area contributed by atoms with Gasteiger partial charge in [-0.1, -0.05) is 0 Å². The lowest BCUT2D eigenvalue weighted by atomic mass is 9.96. The smallest absolute Gasteiger partial charge is 0.135 e. The van der Waals surface area contributed by atoms with Crippen molar-refractivity contribution >= 4 is 5.82 Å². The largest absolute Gasteiger partial charge is 0.354 e. The first-order valence-electron chi connectivity index (χ1n) is 7.94. The average Bonchev–Trinajstić information content (AvgIpc) is 2.46. The zero-order valence-corrected chi connectivity index (χ0v) is 12.0. The highest BCUT2D eigenvalue weighted by atomic mass is 15.3. The van der Waals surface area contributed by atoms with Gasteiger partial charge >= 0.3 is 0 Å². The fourth-order valence-corrected chi connectivity index (χ4v) is 3.61. The van der Waals surface area contributed by atoms with Crippen molar-refractivity contribution in [3.05, 3.63) is 17.6 Å². The molecule has 3 heterocycles. The Bertz CT molecular complexity index is 477. The Morgan fingerprint density at radius 2 is 1.80 bits per heavy atom. The van der Waals surface area contributed by atoms with Gasteiger partial charge in [0.05, 0.1) is 0 Å². The van der Waals surface area contributed by atoms with Gasteiger partial charge in [0.15, 0.2) is 0 Å². The third kappa shape index (κ3) is 2.19. The summed E-state index contributed by atoms with van der Waals surface area (Å²) in [7, 11) is 0. The lowest BCUT2D eigenvalue weighted by Crippen LogP contribution is -2.61. The quantitative estimate of drug-likeness (QED) is 0.847. The van der Waals surface area contributed by atoms with E-state index in [2.05, 4.69) is 25.1 Å². The van der Waals surface area contributed by atoms with Crippen LogP contribution in [0, 0.1) is 0 Å². The number of aryl methyl sites for hydroxylation is 1. The van der Waals surface area contributed by atoms with Crippen molar-refractivity contribution in [1.29, 1.82) is 0 Å². The molecule has 0 aromatic carbocycles. The molecule has 0 saturated carbocycles. The Balaban J connectivity index is 1.48. The Hall–Kier alpha value is -1.20.